The summed E-state index contributed by atoms with van der Waals surface area (Å²) in [5.74, 6) is 2.06. The predicted octanol–water partition coefficient (Wildman–Crippen LogP) is 2.39. The fourth-order valence-electron chi connectivity index (χ4n) is 12.6. The molecule has 0 aromatic heterocycles. The lowest BCUT2D eigenvalue weighted by atomic mass is 9.46. The fourth-order valence-corrected chi connectivity index (χ4v) is 12.6. The van der Waals surface area contributed by atoms with Gasteiger partial charge in [-0.25, -0.2) is 0 Å². The van der Waals surface area contributed by atoms with Crippen LogP contribution >= 0.6 is 0 Å². The van der Waals surface area contributed by atoms with Crippen LogP contribution in [0.25, 0.3) is 0 Å². The van der Waals surface area contributed by atoms with Gasteiger partial charge in [-0.15, -0.1) is 0 Å². The Morgan fingerprint density at radius 3 is 2.18 bits per heavy atom. The van der Waals surface area contributed by atoms with Crippen molar-refractivity contribution in [2.75, 3.05) is 6.61 Å². The monoisotopic (exact) mass is 722 g/mol. The van der Waals surface area contributed by atoms with Crippen LogP contribution in [0.2, 0.25) is 0 Å². The van der Waals surface area contributed by atoms with Gasteiger partial charge in [-0.05, 0) is 87.4 Å². The maximum atomic E-state index is 11.3. The molecule has 8 rings (SSSR count). The zero-order valence-electron chi connectivity index (χ0n) is 31.0. The molecule has 8 aliphatic rings. The quantitative estimate of drug-likeness (QED) is 0.234. The third-order valence-electron chi connectivity index (χ3n) is 15.6. The van der Waals surface area contributed by atoms with Crippen molar-refractivity contribution in [3.8, 4) is 0 Å². The Morgan fingerprint density at radius 2 is 1.47 bits per heavy atom. The lowest BCUT2D eigenvalue weighted by Gasteiger charge is -2.60. The maximum absolute atomic E-state index is 11.3. The van der Waals surface area contributed by atoms with E-state index < -0.39 is 84.8 Å². The second-order valence-electron chi connectivity index (χ2n) is 18.3. The van der Waals surface area contributed by atoms with Gasteiger partial charge in [-0.2, -0.15) is 0 Å². The van der Waals surface area contributed by atoms with Crippen molar-refractivity contribution in [3.05, 3.63) is 11.6 Å². The van der Waals surface area contributed by atoms with Crippen LogP contribution in [0.5, 0.6) is 0 Å². The molecule has 4 saturated heterocycles. The molecule has 4 aliphatic carbocycles. The van der Waals surface area contributed by atoms with Crippen molar-refractivity contribution in [3.63, 3.8) is 0 Å². The van der Waals surface area contributed by atoms with E-state index in [0.29, 0.717) is 48.3 Å². The van der Waals surface area contributed by atoms with E-state index in [0.717, 1.165) is 45.1 Å². The number of fused-ring (bicyclic) bond motifs is 7. The molecule has 22 atom stereocenters. The van der Waals surface area contributed by atoms with E-state index in [1.807, 2.05) is 0 Å². The normalized spacial score (nSPS) is 59.8. The molecule has 0 radical (unpaired) electrons. The van der Waals surface area contributed by atoms with Crippen molar-refractivity contribution in [1.82, 2.24) is 0 Å². The van der Waals surface area contributed by atoms with Gasteiger partial charge < -0.3 is 59.1 Å². The summed E-state index contributed by atoms with van der Waals surface area (Å²) in [7, 11) is 0. The van der Waals surface area contributed by atoms with Crippen LogP contribution in [0.15, 0.2) is 11.6 Å². The maximum Gasteiger partial charge on any atom is 0.187 e. The zero-order chi connectivity index (χ0) is 36.4. The summed E-state index contributed by atoms with van der Waals surface area (Å²) < 4.78 is 38.4. The lowest BCUT2D eigenvalue weighted by Crippen LogP contribution is -2.64. The largest absolute Gasteiger partial charge is 0.393 e. The molecular formula is C39H62O12. The average molecular weight is 723 g/mol. The number of ether oxygens (including phenoxy) is 6. The van der Waals surface area contributed by atoms with E-state index in [2.05, 4.69) is 33.8 Å². The molecule has 51 heavy (non-hydrogen) atoms. The van der Waals surface area contributed by atoms with Crippen LogP contribution in [-0.2, 0) is 28.4 Å². The van der Waals surface area contributed by atoms with Crippen LogP contribution in [-0.4, -0.2) is 123 Å². The van der Waals surface area contributed by atoms with Gasteiger partial charge in [0.2, 0.25) is 0 Å². The minimum Gasteiger partial charge on any atom is -0.393 e. The van der Waals surface area contributed by atoms with E-state index in [4.69, 9.17) is 28.4 Å². The summed E-state index contributed by atoms with van der Waals surface area (Å²) in [6, 6.07) is 0. The molecule has 6 N–H and O–H groups in total. The second kappa shape index (κ2) is 13.2. The molecule has 4 unspecified atom stereocenters. The SMILES string of the molecule is C[C@@H]1CCC2(OC1)O[C@H]1C[C@H]3[C@@H]4CC=C5CC(O)C[C@@H](OC6O[C@H](C)[C@@H](O)[C@@H](O)[C@H]6OC6O[C@@H](C)[C@H](O)[C@H](O)[C@H]6O)[C@]5(C)[C@H]4CC[C@]3(C)[C@H]1[C@@H]2C. The van der Waals surface area contributed by atoms with Crippen LogP contribution < -0.4 is 0 Å². The summed E-state index contributed by atoms with van der Waals surface area (Å²) in [6.07, 6.45) is -4.22. The van der Waals surface area contributed by atoms with Crippen LogP contribution in [0, 0.1) is 46.3 Å². The highest BCUT2D eigenvalue weighted by molar-refractivity contribution is 5.29. The van der Waals surface area contributed by atoms with Crippen molar-refractivity contribution in [2.24, 2.45) is 46.3 Å². The Hall–Kier alpha value is -0.740. The minimum atomic E-state index is -1.61. The molecule has 0 aromatic carbocycles. The molecule has 0 bridgehead atoms. The van der Waals surface area contributed by atoms with E-state index in [1.54, 1.807) is 13.8 Å². The second-order valence-corrected chi connectivity index (χ2v) is 18.3. The Balaban J connectivity index is 1.05. The molecule has 3 saturated carbocycles. The average Bonchev–Trinajstić information content (AvgIpc) is 3.54. The highest BCUT2D eigenvalue weighted by Crippen LogP contribution is 2.71. The van der Waals surface area contributed by atoms with Crippen LogP contribution in [0.4, 0.5) is 0 Å². The molecule has 0 amide bonds. The summed E-state index contributed by atoms with van der Waals surface area (Å²) >= 11 is 0. The highest BCUT2D eigenvalue weighted by Gasteiger charge is 2.69. The number of aliphatic hydroxyl groups is 6. The van der Waals surface area contributed by atoms with Crippen molar-refractivity contribution >= 4 is 0 Å². The lowest BCUT2D eigenvalue weighted by molar-refractivity contribution is -0.371. The third-order valence-corrected chi connectivity index (χ3v) is 15.6. The van der Waals surface area contributed by atoms with E-state index in [-0.39, 0.29) is 11.5 Å². The molecule has 290 valence electrons. The van der Waals surface area contributed by atoms with Crippen molar-refractivity contribution in [2.45, 2.75) is 178 Å². The topological polar surface area (TPSA) is 177 Å². The summed E-state index contributed by atoms with van der Waals surface area (Å²) in [6.45, 7) is 13.4. The minimum absolute atomic E-state index is 0.130. The number of allylic oxidation sites excluding steroid dienone is 1. The molecule has 12 nitrogen and oxygen atoms in total. The summed E-state index contributed by atoms with van der Waals surface area (Å²) in [5, 5.41) is 64.8. The molecule has 1 spiro atoms. The highest BCUT2D eigenvalue weighted by atomic mass is 16.8. The van der Waals surface area contributed by atoms with Gasteiger partial charge in [-0.3, -0.25) is 0 Å². The number of hydrogen-bond donors (Lipinski definition) is 6. The first-order chi connectivity index (χ1) is 24.1. The van der Waals surface area contributed by atoms with E-state index in [9.17, 15) is 30.6 Å². The van der Waals surface area contributed by atoms with Gasteiger partial charge in [0, 0.05) is 24.2 Å². The molecule has 0 aromatic rings. The first-order valence-electron chi connectivity index (χ1n) is 19.8. The molecule has 4 heterocycles. The third kappa shape index (κ3) is 5.67. The molecule has 4 aliphatic heterocycles. The van der Waals surface area contributed by atoms with E-state index in [1.165, 1.54) is 5.57 Å². The van der Waals surface area contributed by atoms with Gasteiger partial charge in [0.1, 0.15) is 36.6 Å². The van der Waals surface area contributed by atoms with E-state index >= 15 is 0 Å². The molecular weight excluding hydrogens is 660 g/mol. The van der Waals surface area contributed by atoms with Gasteiger partial charge in [0.25, 0.3) is 0 Å². The first kappa shape index (κ1) is 37.2. The molecule has 7 fully saturated rings. The Labute approximate surface area is 301 Å². The number of hydrogen-bond acceptors (Lipinski definition) is 12. The van der Waals surface area contributed by atoms with Gasteiger partial charge in [0.05, 0.1) is 37.1 Å². The first-order valence-corrected chi connectivity index (χ1v) is 19.8. The Kier molecular flexibility index (Phi) is 9.62. The van der Waals surface area contributed by atoms with Crippen LogP contribution in [0.3, 0.4) is 0 Å². The summed E-state index contributed by atoms with van der Waals surface area (Å²) in [5.41, 5.74) is 0.900. The standard InChI is InChI=1S/C39H62O12/c1-17-9-12-39(46-16-17)18(2)28-26(51-39)15-25-23-8-7-21-13-22(40)14-27(38(21,6)24(23)10-11-37(25,28)5)49-36-34(32(44)30(42)20(4)48-36)50-35-33(45)31(43)29(41)19(3)47-35/h7,17-20,22-36,40-45H,8-16H2,1-6H3/t17-,18+,19+,20-,22?,23-,24+,25+,26+,27-,28+,29+,30-,31+,32-,33-,34-,35?,36?,37+,38+,39?/m1/s1. The molecule has 12 heteroatoms. The van der Waals surface area contributed by atoms with Crippen molar-refractivity contribution in [1.29, 1.82) is 0 Å². The van der Waals surface area contributed by atoms with Gasteiger partial charge in [-0.1, -0.05) is 39.3 Å². The van der Waals surface area contributed by atoms with Crippen LogP contribution in [0.1, 0.15) is 92.9 Å². The fraction of sp³-hybridized carbons (Fsp3) is 0.949. The predicted molar refractivity (Wildman–Crippen MR) is 182 cm³/mol. The Bertz CT molecular complexity index is 1320. The number of rotatable bonds is 4. The van der Waals surface area contributed by atoms with Gasteiger partial charge >= 0.3 is 0 Å². The smallest absolute Gasteiger partial charge is 0.187 e. The zero-order valence-corrected chi connectivity index (χ0v) is 31.0. The van der Waals surface area contributed by atoms with Crippen molar-refractivity contribution < 1.29 is 59.1 Å². The Morgan fingerprint density at radius 1 is 0.765 bits per heavy atom. The summed E-state index contributed by atoms with van der Waals surface area (Å²) in [4.78, 5) is 0. The number of aliphatic hydroxyl groups excluding tert-OH is 6. The van der Waals surface area contributed by atoms with Gasteiger partial charge in [0.15, 0.2) is 18.4 Å².